The average molecular weight is 228 g/mol. The van der Waals surface area contributed by atoms with E-state index in [1.807, 2.05) is 19.9 Å². The van der Waals surface area contributed by atoms with Crippen LogP contribution in [-0.4, -0.2) is 25.2 Å². The van der Waals surface area contributed by atoms with Crippen LogP contribution in [-0.2, 0) is 19.1 Å². The number of ether oxygens (including phenoxy) is 2. The van der Waals surface area contributed by atoms with Crippen LogP contribution in [0.5, 0.6) is 0 Å². The van der Waals surface area contributed by atoms with Crippen molar-refractivity contribution in [3.05, 3.63) is 11.6 Å². The summed E-state index contributed by atoms with van der Waals surface area (Å²) >= 11 is 0. The van der Waals surface area contributed by atoms with Crippen molar-refractivity contribution in [3.63, 3.8) is 0 Å². The van der Waals surface area contributed by atoms with Crippen LogP contribution in [0.25, 0.3) is 0 Å². The van der Waals surface area contributed by atoms with Crippen LogP contribution in [0.2, 0.25) is 0 Å². The number of carbonyl (C=O) groups excluding carboxylic acids is 2. The molecule has 0 bridgehead atoms. The zero-order valence-electron chi connectivity index (χ0n) is 10.4. The summed E-state index contributed by atoms with van der Waals surface area (Å²) in [5.74, 6) is -0.260. The van der Waals surface area contributed by atoms with E-state index in [4.69, 9.17) is 9.47 Å². The van der Waals surface area contributed by atoms with E-state index in [1.54, 1.807) is 0 Å². The molecule has 0 spiro atoms. The van der Waals surface area contributed by atoms with Crippen LogP contribution in [0.3, 0.4) is 0 Å². The summed E-state index contributed by atoms with van der Waals surface area (Å²) in [6.07, 6.45) is 2.80. The number of esters is 2. The Morgan fingerprint density at radius 2 is 1.69 bits per heavy atom. The van der Waals surface area contributed by atoms with Gasteiger partial charge in [-0.15, -0.1) is 0 Å². The zero-order chi connectivity index (χ0) is 12.6. The van der Waals surface area contributed by atoms with Crippen LogP contribution >= 0.6 is 0 Å². The minimum atomic E-state index is -0.277. The Bertz CT molecular complexity index is 268. The molecule has 92 valence electrons. The van der Waals surface area contributed by atoms with Crippen LogP contribution in [0, 0.1) is 5.92 Å². The van der Waals surface area contributed by atoms with Crippen LogP contribution in [0.1, 0.15) is 34.1 Å². The number of carbonyl (C=O) groups is 2. The van der Waals surface area contributed by atoms with Crippen molar-refractivity contribution in [2.24, 2.45) is 5.92 Å². The normalized spacial score (nSPS) is 13.1. The highest BCUT2D eigenvalue weighted by Crippen LogP contribution is 2.06. The molecule has 16 heavy (non-hydrogen) atoms. The molecule has 4 nitrogen and oxygen atoms in total. The van der Waals surface area contributed by atoms with E-state index < -0.39 is 0 Å². The quantitative estimate of drug-likeness (QED) is 0.516. The third-order valence-electron chi connectivity index (χ3n) is 1.94. The van der Waals surface area contributed by atoms with E-state index in [0.717, 1.165) is 12.0 Å². The van der Waals surface area contributed by atoms with Gasteiger partial charge in [0.1, 0.15) is 6.61 Å². The Labute approximate surface area is 96.6 Å². The lowest BCUT2D eigenvalue weighted by Crippen LogP contribution is -2.09. The second-order valence-corrected chi connectivity index (χ2v) is 3.97. The highest BCUT2D eigenvalue weighted by molar-refractivity contribution is 5.66. The monoisotopic (exact) mass is 228 g/mol. The van der Waals surface area contributed by atoms with Gasteiger partial charge in [0.15, 0.2) is 0 Å². The number of hydrogen-bond acceptors (Lipinski definition) is 4. The van der Waals surface area contributed by atoms with Crippen LogP contribution in [0.4, 0.5) is 0 Å². The lowest BCUT2D eigenvalue weighted by atomic mass is 10.1. The van der Waals surface area contributed by atoms with Crippen molar-refractivity contribution in [1.82, 2.24) is 0 Å². The number of hydrogen-bond donors (Lipinski definition) is 0. The molecule has 0 heterocycles. The second-order valence-electron chi connectivity index (χ2n) is 3.97. The Kier molecular flexibility index (Phi) is 7.25. The zero-order valence-corrected chi connectivity index (χ0v) is 10.4. The fraction of sp³-hybridized carbons (Fsp3) is 0.667. The molecule has 1 atom stereocenters. The van der Waals surface area contributed by atoms with E-state index >= 15 is 0 Å². The molecule has 0 saturated heterocycles. The maximum absolute atomic E-state index is 10.6. The molecular formula is C12H20O4. The van der Waals surface area contributed by atoms with Crippen LogP contribution < -0.4 is 0 Å². The van der Waals surface area contributed by atoms with Crippen molar-refractivity contribution in [1.29, 1.82) is 0 Å². The molecule has 0 radical (unpaired) electrons. The van der Waals surface area contributed by atoms with Crippen LogP contribution in [0.15, 0.2) is 11.6 Å². The van der Waals surface area contributed by atoms with Gasteiger partial charge in [-0.2, -0.15) is 0 Å². The molecule has 0 aliphatic rings. The SMILES string of the molecule is CC(=O)OC/C(C)=C/CC(C)COC(C)=O. The molecule has 0 saturated carbocycles. The highest BCUT2D eigenvalue weighted by Gasteiger charge is 2.03. The largest absolute Gasteiger partial charge is 0.466 e. The maximum Gasteiger partial charge on any atom is 0.302 e. The Morgan fingerprint density at radius 1 is 1.12 bits per heavy atom. The molecule has 0 aromatic heterocycles. The van der Waals surface area contributed by atoms with Crippen molar-refractivity contribution >= 4 is 11.9 Å². The van der Waals surface area contributed by atoms with Gasteiger partial charge in [-0.1, -0.05) is 13.0 Å². The summed E-state index contributed by atoms with van der Waals surface area (Å²) in [5, 5.41) is 0. The molecule has 0 aliphatic heterocycles. The molecule has 0 aromatic rings. The minimum absolute atomic E-state index is 0.257. The van der Waals surface area contributed by atoms with Gasteiger partial charge < -0.3 is 9.47 Å². The summed E-state index contributed by atoms with van der Waals surface area (Å²) in [4.78, 5) is 21.1. The molecular weight excluding hydrogens is 208 g/mol. The fourth-order valence-electron chi connectivity index (χ4n) is 1.00. The number of allylic oxidation sites excluding steroid dienone is 1. The third-order valence-corrected chi connectivity index (χ3v) is 1.94. The second kappa shape index (κ2) is 7.91. The molecule has 4 heteroatoms. The van der Waals surface area contributed by atoms with E-state index in [9.17, 15) is 9.59 Å². The summed E-state index contributed by atoms with van der Waals surface area (Å²) < 4.78 is 9.72. The first-order valence-electron chi connectivity index (χ1n) is 5.34. The predicted octanol–water partition coefficient (Wildman–Crippen LogP) is 2.09. The van der Waals surface area contributed by atoms with Gasteiger partial charge in [0.25, 0.3) is 0 Å². The van der Waals surface area contributed by atoms with E-state index in [1.165, 1.54) is 13.8 Å². The van der Waals surface area contributed by atoms with E-state index in [2.05, 4.69) is 0 Å². The molecule has 1 unspecified atom stereocenters. The van der Waals surface area contributed by atoms with E-state index in [-0.39, 0.29) is 17.9 Å². The molecule has 0 aromatic carbocycles. The van der Waals surface area contributed by atoms with Gasteiger partial charge in [0.2, 0.25) is 0 Å². The Morgan fingerprint density at radius 3 is 2.19 bits per heavy atom. The number of rotatable bonds is 6. The van der Waals surface area contributed by atoms with Crippen molar-refractivity contribution in [3.8, 4) is 0 Å². The van der Waals surface area contributed by atoms with Crippen molar-refractivity contribution in [2.45, 2.75) is 34.1 Å². The Balaban J connectivity index is 3.78. The van der Waals surface area contributed by atoms with Gasteiger partial charge >= 0.3 is 11.9 Å². The first-order chi connectivity index (χ1) is 7.41. The van der Waals surface area contributed by atoms with Gasteiger partial charge in [-0.05, 0) is 24.8 Å². The van der Waals surface area contributed by atoms with Crippen molar-refractivity contribution < 1.29 is 19.1 Å². The van der Waals surface area contributed by atoms with Gasteiger partial charge in [-0.25, -0.2) is 0 Å². The fourth-order valence-corrected chi connectivity index (χ4v) is 1.00. The first kappa shape index (κ1) is 14.7. The van der Waals surface area contributed by atoms with Gasteiger partial charge in [0.05, 0.1) is 6.61 Å². The summed E-state index contributed by atoms with van der Waals surface area (Å²) in [6, 6.07) is 0. The topological polar surface area (TPSA) is 52.6 Å². The molecule has 0 N–H and O–H groups in total. The standard InChI is InChI=1S/C12H20O4/c1-9(7-15-11(3)13)5-6-10(2)8-16-12(4)14/h5,10H,6-8H2,1-4H3/b9-5+. The molecule has 0 rings (SSSR count). The minimum Gasteiger partial charge on any atom is -0.466 e. The smallest absolute Gasteiger partial charge is 0.302 e. The van der Waals surface area contributed by atoms with Gasteiger partial charge in [0, 0.05) is 13.8 Å². The maximum atomic E-state index is 10.6. The first-order valence-corrected chi connectivity index (χ1v) is 5.34. The van der Waals surface area contributed by atoms with Crippen molar-refractivity contribution in [2.75, 3.05) is 13.2 Å². The molecule has 0 aliphatic carbocycles. The lowest BCUT2D eigenvalue weighted by Gasteiger charge is -2.09. The summed E-state index contributed by atoms with van der Waals surface area (Å²) in [6.45, 7) is 7.44. The average Bonchev–Trinajstić information content (AvgIpc) is 2.20. The molecule has 0 amide bonds. The summed E-state index contributed by atoms with van der Waals surface area (Å²) in [5.41, 5.74) is 1.00. The van der Waals surface area contributed by atoms with E-state index in [0.29, 0.717) is 13.2 Å². The lowest BCUT2D eigenvalue weighted by molar-refractivity contribution is -0.142. The third kappa shape index (κ3) is 9.24. The predicted molar refractivity (Wildman–Crippen MR) is 60.8 cm³/mol. The highest BCUT2D eigenvalue weighted by atomic mass is 16.5. The molecule has 0 fully saturated rings. The summed E-state index contributed by atoms with van der Waals surface area (Å²) in [7, 11) is 0. The van der Waals surface area contributed by atoms with Gasteiger partial charge in [-0.3, -0.25) is 9.59 Å². The Hall–Kier alpha value is -1.32.